The minimum absolute atomic E-state index is 0.0534. The van der Waals surface area contributed by atoms with E-state index in [4.69, 9.17) is 11.6 Å². The van der Waals surface area contributed by atoms with Crippen LogP contribution < -0.4 is 5.32 Å². The Labute approximate surface area is 133 Å². The molecule has 0 saturated heterocycles. The van der Waals surface area contributed by atoms with Gasteiger partial charge in [-0.2, -0.15) is 10.1 Å². The molecule has 5 nitrogen and oxygen atoms in total. The van der Waals surface area contributed by atoms with Crippen LogP contribution in [-0.2, 0) is 0 Å². The molecule has 2 atom stereocenters. The van der Waals surface area contributed by atoms with Crippen molar-refractivity contribution < 1.29 is 0 Å². The van der Waals surface area contributed by atoms with Gasteiger partial charge in [-0.3, -0.25) is 4.98 Å². The molecule has 0 aliphatic carbocycles. The molecule has 2 unspecified atom stereocenters. The zero-order chi connectivity index (χ0) is 14.9. The lowest BCUT2D eigenvalue weighted by Gasteiger charge is -2.32. The molecule has 1 aliphatic heterocycles. The number of nitrogens with one attached hydrogen (secondary N) is 1. The van der Waals surface area contributed by atoms with E-state index in [1.807, 2.05) is 41.2 Å². The van der Waals surface area contributed by atoms with Crippen molar-refractivity contribution >= 4 is 17.5 Å². The lowest BCUT2D eigenvalue weighted by atomic mass is 9.94. The number of nitrogens with zero attached hydrogens (tertiary/aromatic N) is 4. The summed E-state index contributed by atoms with van der Waals surface area (Å²) in [6.07, 6.45) is 6.07. The highest BCUT2D eigenvalue weighted by Gasteiger charge is 2.30. The van der Waals surface area contributed by atoms with Crippen molar-refractivity contribution in [2.24, 2.45) is 0 Å². The van der Waals surface area contributed by atoms with Crippen LogP contribution >= 0.6 is 11.6 Å². The average Bonchev–Trinajstić information content (AvgIpc) is 3.04. The van der Waals surface area contributed by atoms with Gasteiger partial charge in [0.05, 0.1) is 12.1 Å². The van der Waals surface area contributed by atoms with Gasteiger partial charge in [0.25, 0.3) is 0 Å². The van der Waals surface area contributed by atoms with Gasteiger partial charge in [-0.05, 0) is 29.7 Å². The molecule has 0 radical (unpaired) electrons. The van der Waals surface area contributed by atoms with Crippen molar-refractivity contribution in [3.63, 3.8) is 0 Å². The zero-order valence-corrected chi connectivity index (χ0v) is 12.5. The fourth-order valence-electron chi connectivity index (χ4n) is 2.92. The highest BCUT2D eigenvalue weighted by molar-refractivity contribution is 6.31. The van der Waals surface area contributed by atoms with Gasteiger partial charge < -0.3 is 5.32 Å². The molecule has 1 N–H and O–H groups in total. The van der Waals surface area contributed by atoms with E-state index in [0.717, 1.165) is 28.5 Å². The van der Waals surface area contributed by atoms with Crippen LogP contribution in [0.1, 0.15) is 29.6 Å². The molecule has 0 spiro atoms. The van der Waals surface area contributed by atoms with E-state index >= 15 is 0 Å². The summed E-state index contributed by atoms with van der Waals surface area (Å²) >= 11 is 6.39. The first kappa shape index (κ1) is 13.3. The van der Waals surface area contributed by atoms with Crippen molar-refractivity contribution in [3.05, 3.63) is 71.3 Å². The Morgan fingerprint density at radius 1 is 1.18 bits per heavy atom. The van der Waals surface area contributed by atoms with E-state index < -0.39 is 0 Å². The Bertz CT molecular complexity index is 786. The lowest BCUT2D eigenvalue weighted by molar-refractivity contribution is 0.430. The van der Waals surface area contributed by atoms with E-state index in [-0.39, 0.29) is 12.1 Å². The number of benzene rings is 1. The second kappa shape index (κ2) is 5.42. The van der Waals surface area contributed by atoms with Gasteiger partial charge in [0.1, 0.15) is 6.33 Å². The predicted molar refractivity (Wildman–Crippen MR) is 84.8 cm³/mol. The van der Waals surface area contributed by atoms with Gasteiger partial charge >= 0.3 is 0 Å². The fraction of sp³-hybridized carbons (Fsp3) is 0.188. The summed E-state index contributed by atoms with van der Waals surface area (Å²) in [6.45, 7) is 0. The molecule has 1 aromatic carbocycles. The van der Waals surface area contributed by atoms with Crippen LogP contribution in [0.15, 0.2) is 55.1 Å². The molecular weight excluding hydrogens is 298 g/mol. The second-order valence-corrected chi connectivity index (χ2v) is 5.69. The first-order chi connectivity index (χ1) is 10.8. The summed E-state index contributed by atoms with van der Waals surface area (Å²) in [5.41, 5.74) is 2.19. The van der Waals surface area contributed by atoms with Crippen LogP contribution in [0.25, 0.3) is 0 Å². The Hall–Kier alpha value is -2.40. The first-order valence-electron chi connectivity index (χ1n) is 7.13. The standard InChI is InChI=1S/C16H14ClN5/c17-13-6-2-1-5-12(13)15-8-14(11-4-3-7-18-9-11)21-16-19-10-20-22(15)16/h1-7,9-10,14-15H,8H2,(H,19,20,21). The summed E-state index contributed by atoms with van der Waals surface area (Å²) in [7, 11) is 0. The zero-order valence-electron chi connectivity index (χ0n) is 11.7. The second-order valence-electron chi connectivity index (χ2n) is 5.28. The normalized spacial score (nSPS) is 20.2. The molecule has 0 bridgehead atoms. The number of hydrogen-bond acceptors (Lipinski definition) is 4. The van der Waals surface area contributed by atoms with Crippen molar-refractivity contribution in [2.75, 3.05) is 5.32 Å². The topological polar surface area (TPSA) is 55.6 Å². The van der Waals surface area contributed by atoms with Gasteiger partial charge in [0.2, 0.25) is 5.95 Å². The predicted octanol–water partition coefficient (Wildman–Crippen LogP) is 3.47. The molecular formula is C16H14ClN5. The van der Waals surface area contributed by atoms with Gasteiger partial charge in [-0.15, -0.1) is 0 Å². The lowest BCUT2D eigenvalue weighted by Crippen LogP contribution is -2.28. The van der Waals surface area contributed by atoms with Crippen molar-refractivity contribution in [1.29, 1.82) is 0 Å². The van der Waals surface area contributed by atoms with E-state index in [1.165, 1.54) is 0 Å². The van der Waals surface area contributed by atoms with Crippen molar-refractivity contribution in [1.82, 2.24) is 19.7 Å². The van der Waals surface area contributed by atoms with Gasteiger partial charge in [-0.25, -0.2) is 4.68 Å². The first-order valence-corrected chi connectivity index (χ1v) is 7.51. The quantitative estimate of drug-likeness (QED) is 0.787. The minimum Gasteiger partial charge on any atom is -0.347 e. The third kappa shape index (κ3) is 2.23. The molecule has 6 heteroatoms. The molecule has 3 heterocycles. The van der Waals surface area contributed by atoms with Crippen LogP contribution in [0.5, 0.6) is 0 Å². The Balaban J connectivity index is 1.77. The molecule has 22 heavy (non-hydrogen) atoms. The van der Waals surface area contributed by atoms with Crippen molar-refractivity contribution in [3.8, 4) is 0 Å². The summed E-state index contributed by atoms with van der Waals surface area (Å²) in [5.74, 6) is 0.755. The van der Waals surface area contributed by atoms with Gasteiger partial charge in [-0.1, -0.05) is 35.9 Å². The molecule has 1 aliphatic rings. The van der Waals surface area contributed by atoms with E-state index in [2.05, 4.69) is 26.4 Å². The number of aromatic nitrogens is 4. The number of pyridine rings is 1. The monoisotopic (exact) mass is 311 g/mol. The highest BCUT2D eigenvalue weighted by Crippen LogP contribution is 2.39. The Morgan fingerprint density at radius 2 is 2.09 bits per heavy atom. The Kier molecular flexibility index (Phi) is 3.27. The maximum absolute atomic E-state index is 6.39. The highest BCUT2D eigenvalue weighted by atomic mass is 35.5. The van der Waals surface area contributed by atoms with Gasteiger partial charge in [0.15, 0.2) is 0 Å². The van der Waals surface area contributed by atoms with Crippen LogP contribution in [0.4, 0.5) is 5.95 Å². The number of fused-ring (bicyclic) bond motifs is 1. The summed E-state index contributed by atoms with van der Waals surface area (Å²) in [6, 6.07) is 12.1. The van der Waals surface area contributed by atoms with Crippen LogP contribution in [0.3, 0.4) is 0 Å². The molecule has 3 aromatic rings. The SMILES string of the molecule is Clc1ccccc1C1CC(c2cccnc2)Nc2ncnn21. The molecule has 4 rings (SSSR count). The molecule has 0 fully saturated rings. The number of anilines is 1. The Morgan fingerprint density at radius 3 is 2.91 bits per heavy atom. The van der Waals surface area contributed by atoms with Crippen molar-refractivity contribution in [2.45, 2.75) is 18.5 Å². The number of hydrogen-bond donors (Lipinski definition) is 1. The van der Waals surface area contributed by atoms with Crippen LogP contribution in [0, 0.1) is 0 Å². The average molecular weight is 312 g/mol. The molecule has 0 amide bonds. The smallest absolute Gasteiger partial charge is 0.222 e. The van der Waals surface area contributed by atoms with E-state index in [9.17, 15) is 0 Å². The fourth-order valence-corrected chi connectivity index (χ4v) is 3.19. The maximum Gasteiger partial charge on any atom is 0.222 e. The maximum atomic E-state index is 6.39. The molecule has 0 saturated carbocycles. The van der Waals surface area contributed by atoms with E-state index in [0.29, 0.717) is 0 Å². The minimum atomic E-state index is 0.0534. The van der Waals surface area contributed by atoms with Crippen LogP contribution in [0.2, 0.25) is 5.02 Å². The van der Waals surface area contributed by atoms with Gasteiger partial charge in [0, 0.05) is 17.4 Å². The largest absolute Gasteiger partial charge is 0.347 e. The summed E-state index contributed by atoms with van der Waals surface area (Å²) in [4.78, 5) is 8.53. The van der Waals surface area contributed by atoms with Crippen LogP contribution in [-0.4, -0.2) is 19.7 Å². The van der Waals surface area contributed by atoms with E-state index in [1.54, 1.807) is 12.5 Å². The number of rotatable bonds is 2. The third-order valence-electron chi connectivity index (χ3n) is 3.98. The summed E-state index contributed by atoms with van der Waals surface area (Å²) < 4.78 is 1.90. The third-order valence-corrected chi connectivity index (χ3v) is 4.33. The summed E-state index contributed by atoms with van der Waals surface area (Å²) in [5, 5.41) is 8.52. The molecule has 2 aromatic heterocycles. The molecule has 110 valence electrons. The number of halogens is 1.